The molecule has 120 valence electrons. The first-order valence-corrected chi connectivity index (χ1v) is 8.70. The molecular formula is C16H13N5O2S. The van der Waals surface area contributed by atoms with E-state index in [-0.39, 0.29) is 4.90 Å². The Morgan fingerprint density at radius 3 is 2.79 bits per heavy atom. The summed E-state index contributed by atoms with van der Waals surface area (Å²) >= 11 is 0. The molecule has 3 heterocycles. The number of aryl methyl sites for hydroxylation is 1. The predicted molar refractivity (Wildman–Crippen MR) is 90.3 cm³/mol. The van der Waals surface area contributed by atoms with Crippen LogP contribution in [0.2, 0.25) is 0 Å². The molecule has 0 saturated carbocycles. The molecule has 0 aliphatic heterocycles. The average molecular weight is 339 g/mol. The van der Waals surface area contributed by atoms with Crippen LogP contribution in [0, 0.1) is 6.92 Å². The van der Waals surface area contributed by atoms with Gasteiger partial charge in [-0.25, -0.2) is 17.9 Å². The van der Waals surface area contributed by atoms with Gasteiger partial charge in [0, 0.05) is 24.0 Å². The highest BCUT2D eigenvalue weighted by Crippen LogP contribution is 2.26. The number of aromatic nitrogens is 4. The minimum absolute atomic E-state index is 0.124. The lowest BCUT2D eigenvalue weighted by molar-refractivity contribution is 0.602. The fourth-order valence-corrected chi connectivity index (χ4v) is 3.81. The summed E-state index contributed by atoms with van der Waals surface area (Å²) in [5, 5.41) is 4.89. The Bertz CT molecular complexity index is 1170. The van der Waals surface area contributed by atoms with E-state index in [1.165, 1.54) is 10.7 Å². The van der Waals surface area contributed by atoms with Gasteiger partial charge in [-0.05, 0) is 30.7 Å². The van der Waals surface area contributed by atoms with Gasteiger partial charge in [0.25, 0.3) is 10.0 Å². The van der Waals surface area contributed by atoms with Gasteiger partial charge in [0.15, 0.2) is 5.65 Å². The van der Waals surface area contributed by atoms with Crippen molar-refractivity contribution in [2.75, 3.05) is 4.72 Å². The van der Waals surface area contributed by atoms with Gasteiger partial charge in [-0.2, -0.15) is 5.10 Å². The summed E-state index contributed by atoms with van der Waals surface area (Å²) in [6, 6.07) is 8.69. The highest BCUT2D eigenvalue weighted by atomic mass is 32.2. The third-order valence-corrected chi connectivity index (χ3v) is 5.16. The first-order valence-electron chi connectivity index (χ1n) is 7.22. The van der Waals surface area contributed by atoms with Crippen molar-refractivity contribution in [2.45, 2.75) is 11.8 Å². The molecule has 4 aromatic rings. The van der Waals surface area contributed by atoms with Gasteiger partial charge in [-0.15, -0.1) is 0 Å². The molecule has 1 N–H and O–H groups in total. The number of benzene rings is 1. The third-order valence-electron chi connectivity index (χ3n) is 3.76. The molecule has 0 atom stereocenters. The molecule has 0 aliphatic rings. The van der Waals surface area contributed by atoms with Gasteiger partial charge in [0.05, 0.1) is 11.7 Å². The Balaban J connectivity index is 1.86. The Hall–Kier alpha value is -3.00. The molecule has 0 amide bonds. The zero-order chi connectivity index (χ0) is 16.7. The normalized spacial score (nSPS) is 11.9. The molecular weight excluding hydrogens is 326 g/mol. The van der Waals surface area contributed by atoms with Crippen molar-refractivity contribution in [3.8, 4) is 0 Å². The number of nitrogens with zero attached hydrogens (tertiary/aromatic N) is 4. The molecule has 7 nitrogen and oxygen atoms in total. The predicted octanol–water partition coefficient (Wildman–Crippen LogP) is 2.39. The standard InChI is InChI=1S/C16H13N5O2S/c1-11-5-6-14(15-12(11)4-2-7-17-15)24(22,23)20-13-10-19-21-9-3-8-18-16(13)21/h2-10,20H,1H3. The second kappa shape index (κ2) is 5.27. The van der Waals surface area contributed by atoms with E-state index in [0.29, 0.717) is 16.9 Å². The van der Waals surface area contributed by atoms with E-state index in [9.17, 15) is 8.42 Å². The van der Waals surface area contributed by atoms with Gasteiger partial charge in [-0.1, -0.05) is 12.1 Å². The maximum absolute atomic E-state index is 12.9. The molecule has 0 unspecified atom stereocenters. The van der Waals surface area contributed by atoms with Crippen LogP contribution < -0.4 is 4.72 Å². The van der Waals surface area contributed by atoms with Crippen molar-refractivity contribution in [3.05, 3.63) is 60.7 Å². The molecule has 0 fully saturated rings. The highest BCUT2D eigenvalue weighted by molar-refractivity contribution is 7.93. The molecule has 0 bridgehead atoms. The maximum atomic E-state index is 12.9. The van der Waals surface area contributed by atoms with Crippen LogP contribution in [0.25, 0.3) is 16.6 Å². The van der Waals surface area contributed by atoms with E-state index in [0.717, 1.165) is 10.9 Å². The molecule has 0 saturated heterocycles. The lowest BCUT2D eigenvalue weighted by atomic mass is 10.1. The first-order chi connectivity index (χ1) is 11.6. The number of hydrogen-bond acceptors (Lipinski definition) is 5. The number of pyridine rings is 1. The molecule has 8 heteroatoms. The summed E-state index contributed by atoms with van der Waals surface area (Å²) in [7, 11) is -3.82. The van der Waals surface area contributed by atoms with Gasteiger partial charge < -0.3 is 0 Å². The lowest BCUT2D eigenvalue weighted by Crippen LogP contribution is -2.14. The van der Waals surface area contributed by atoms with Crippen molar-refractivity contribution in [3.63, 3.8) is 0 Å². The number of fused-ring (bicyclic) bond motifs is 2. The monoisotopic (exact) mass is 339 g/mol. The van der Waals surface area contributed by atoms with E-state index in [4.69, 9.17) is 0 Å². The topological polar surface area (TPSA) is 89.2 Å². The van der Waals surface area contributed by atoms with Gasteiger partial charge in [-0.3, -0.25) is 9.71 Å². The van der Waals surface area contributed by atoms with E-state index in [1.54, 1.807) is 42.9 Å². The minimum atomic E-state index is -3.82. The summed E-state index contributed by atoms with van der Waals surface area (Å²) in [5.41, 5.74) is 2.16. The summed E-state index contributed by atoms with van der Waals surface area (Å²) in [6.07, 6.45) is 6.29. The number of anilines is 1. The maximum Gasteiger partial charge on any atom is 0.264 e. The SMILES string of the molecule is Cc1ccc(S(=O)(=O)Nc2cnn3cccnc23)c2ncccc12. The van der Waals surface area contributed by atoms with Crippen LogP contribution in [0.3, 0.4) is 0 Å². The van der Waals surface area contributed by atoms with Crippen LogP contribution in [-0.2, 0) is 10.0 Å². The number of rotatable bonds is 3. The van der Waals surface area contributed by atoms with Crippen LogP contribution in [0.15, 0.2) is 60.0 Å². The molecule has 4 rings (SSSR count). The van der Waals surface area contributed by atoms with E-state index < -0.39 is 10.0 Å². The Kier molecular flexibility index (Phi) is 3.20. The molecule has 0 spiro atoms. The van der Waals surface area contributed by atoms with E-state index >= 15 is 0 Å². The average Bonchev–Trinajstić information content (AvgIpc) is 2.98. The third kappa shape index (κ3) is 2.28. The Morgan fingerprint density at radius 1 is 1.08 bits per heavy atom. The minimum Gasteiger partial charge on any atom is -0.274 e. The highest BCUT2D eigenvalue weighted by Gasteiger charge is 2.21. The van der Waals surface area contributed by atoms with Crippen molar-refractivity contribution in [1.82, 2.24) is 19.6 Å². The van der Waals surface area contributed by atoms with Crippen molar-refractivity contribution in [1.29, 1.82) is 0 Å². The molecule has 1 aromatic carbocycles. The van der Waals surface area contributed by atoms with Crippen LogP contribution in [0.1, 0.15) is 5.56 Å². The Morgan fingerprint density at radius 2 is 1.92 bits per heavy atom. The van der Waals surface area contributed by atoms with Gasteiger partial charge in [0.1, 0.15) is 10.6 Å². The summed E-state index contributed by atoms with van der Waals surface area (Å²) in [4.78, 5) is 8.52. The van der Waals surface area contributed by atoms with Crippen LogP contribution in [0.4, 0.5) is 5.69 Å². The summed E-state index contributed by atoms with van der Waals surface area (Å²) in [6.45, 7) is 1.92. The zero-order valence-corrected chi connectivity index (χ0v) is 13.5. The largest absolute Gasteiger partial charge is 0.274 e. The molecule has 24 heavy (non-hydrogen) atoms. The van der Waals surface area contributed by atoms with Crippen LogP contribution in [0.5, 0.6) is 0 Å². The molecule has 0 radical (unpaired) electrons. The van der Waals surface area contributed by atoms with Crippen LogP contribution >= 0.6 is 0 Å². The van der Waals surface area contributed by atoms with E-state index in [1.807, 2.05) is 13.0 Å². The van der Waals surface area contributed by atoms with Gasteiger partial charge >= 0.3 is 0 Å². The Labute approximate surface area is 138 Å². The fraction of sp³-hybridized carbons (Fsp3) is 0.0625. The summed E-state index contributed by atoms with van der Waals surface area (Å²) in [5.74, 6) is 0. The van der Waals surface area contributed by atoms with E-state index in [2.05, 4.69) is 19.8 Å². The molecule has 3 aromatic heterocycles. The summed E-state index contributed by atoms with van der Waals surface area (Å²) < 4.78 is 29.8. The number of hydrogen-bond donors (Lipinski definition) is 1. The van der Waals surface area contributed by atoms with Crippen LogP contribution in [-0.4, -0.2) is 28.0 Å². The van der Waals surface area contributed by atoms with Crippen molar-refractivity contribution in [2.24, 2.45) is 0 Å². The number of sulfonamides is 1. The van der Waals surface area contributed by atoms with Crippen molar-refractivity contribution >= 4 is 32.3 Å². The molecule has 0 aliphatic carbocycles. The quantitative estimate of drug-likeness (QED) is 0.619. The van der Waals surface area contributed by atoms with Crippen molar-refractivity contribution < 1.29 is 8.42 Å². The second-order valence-corrected chi connectivity index (χ2v) is 6.98. The smallest absolute Gasteiger partial charge is 0.264 e. The number of nitrogens with one attached hydrogen (secondary N) is 1. The zero-order valence-electron chi connectivity index (χ0n) is 12.7. The fourth-order valence-electron chi connectivity index (χ4n) is 2.61. The first kappa shape index (κ1) is 14.6. The van der Waals surface area contributed by atoms with Gasteiger partial charge in [0.2, 0.25) is 0 Å². The lowest BCUT2D eigenvalue weighted by Gasteiger charge is -2.10. The second-order valence-electron chi connectivity index (χ2n) is 5.33.